The summed E-state index contributed by atoms with van der Waals surface area (Å²) in [7, 11) is 0. The van der Waals surface area contributed by atoms with E-state index in [2.05, 4.69) is 0 Å². The molecule has 0 aliphatic carbocycles. The third-order valence-corrected chi connectivity index (χ3v) is 0. The molecule has 0 unspecified atom stereocenters. The first-order valence-corrected chi connectivity index (χ1v) is 0.651. The van der Waals surface area contributed by atoms with Gasteiger partial charge in [-0.3, -0.25) is 0 Å². The minimum absolute atomic E-state index is 0. The maximum atomic E-state index is 8.56. The van der Waals surface area contributed by atoms with E-state index < -0.39 is 6.16 Å². The first-order chi connectivity index (χ1) is 1.73. The molecule has 0 aliphatic heterocycles. The quantitative estimate of drug-likeness (QED) is 0.454. The fourth-order valence-corrected chi connectivity index (χ4v) is 0. The molecule has 0 saturated carbocycles. The predicted molar refractivity (Wildman–Crippen MR) is 17.8 cm³/mol. The molecular weight excluding hydrogens is 142 g/mol. The van der Waals surface area contributed by atoms with E-state index in [1.807, 2.05) is 0 Å². The molecule has 0 heterocycles. The first kappa shape index (κ1) is 15.9. The van der Waals surface area contributed by atoms with Gasteiger partial charge in [-0.2, -0.15) is 0 Å². The summed E-state index contributed by atoms with van der Waals surface area (Å²) in [6, 6.07) is 0. The summed E-state index contributed by atoms with van der Waals surface area (Å²) < 4.78 is 0. The molecule has 6 heavy (non-hydrogen) atoms. The van der Waals surface area contributed by atoms with Crippen molar-refractivity contribution in [3.05, 3.63) is 0 Å². The van der Waals surface area contributed by atoms with Gasteiger partial charge in [-0.25, -0.2) is 4.79 Å². The molecular formula is CH3CoNaO3. The molecule has 5 heteroatoms. The van der Waals surface area contributed by atoms with Crippen molar-refractivity contribution in [2.45, 2.75) is 0 Å². The second kappa shape index (κ2) is 9.24. The molecule has 0 aromatic heterocycles. The molecule has 2 N–H and O–H groups in total. The zero-order valence-corrected chi connectivity index (χ0v) is 3.18. The average Bonchev–Trinajstić information content (AvgIpc) is 0.811. The standard InChI is InChI=1S/CH2O3.Co.Na.H/c2-1(3)4;;;/h(H2,2,3,4);;;. The average molecular weight is 145 g/mol. The van der Waals surface area contributed by atoms with Gasteiger partial charge < -0.3 is 10.2 Å². The van der Waals surface area contributed by atoms with Gasteiger partial charge in [0.1, 0.15) is 0 Å². The molecule has 0 aromatic rings. The summed E-state index contributed by atoms with van der Waals surface area (Å²) in [5, 5.41) is 13.9. The summed E-state index contributed by atoms with van der Waals surface area (Å²) >= 11 is 0. The van der Waals surface area contributed by atoms with Gasteiger partial charge in [-0.1, -0.05) is 0 Å². The molecule has 0 aromatic carbocycles. The SMILES string of the molecule is O=C(O)O.[Co].[NaH]. The summed E-state index contributed by atoms with van der Waals surface area (Å²) in [6.45, 7) is 0. The predicted octanol–water partition coefficient (Wildman–Crippen LogP) is -0.429. The Kier molecular flexibility index (Phi) is 24.4. The Balaban J connectivity index is -0.0000000450. The van der Waals surface area contributed by atoms with Crippen molar-refractivity contribution < 1.29 is 31.8 Å². The van der Waals surface area contributed by atoms with Crippen LogP contribution in [0.5, 0.6) is 0 Å². The molecule has 35 valence electrons. The number of rotatable bonds is 0. The fraction of sp³-hybridized carbons (Fsp3) is 0. The zero-order valence-electron chi connectivity index (χ0n) is 2.14. The van der Waals surface area contributed by atoms with Crippen LogP contribution in [-0.4, -0.2) is 45.9 Å². The van der Waals surface area contributed by atoms with E-state index in [-0.39, 0.29) is 46.3 Å². The number of hydrogen-bond donors (Lipinski definition) is 2. The van der Waals surface area contributed by atoms with E-state index >= 15 is 0 Å². The van der Waals surface area contributed by atoms with Crippen molar-refractivity contribution >= 4 is 35.7 Å². The van der Waals surface area contributed by atoms with Crippen molar-refractivity contribution in [1.82, 2.24) is 0 Å². The van der Waals surface area contributed by atoms with Gasteiger partial charge in [0.05, 0.1) is 0 Å². The van der Waals surface area contributed by atoms with Crippen LogP contribution in [-0.2, 0) is 16.8 Å². The Morgan fingerprint density at radius 2 is 1.33 bits per heavy atom. The molecule has 0 spiro atoms. The van der Waals surface area contributed by atoms with Crippen LogP contribution in [0.25, 0.3) is 0 Å². The van der Waals surface area contributed by atoms with Crippen LogP contribution in [0.15, 0.2) is 0 Å². The Bertz CT molecular complexity index is 33.8. The van der Waals surface area contributed by atoms with Gasteiger partial charge in [-0.15, -0.1) is 0 Å². The zero-order chi connectivity index (χ0) is 3.58. The van der Waals surface area contributed by atoms with Crippen molar-refractivity contribution in [3.63, 3.8) is 0 Å². The van der Waals surface area contributed by atoms with Crippen LogP contribution in [0.4, 0.5) is 4.79 Å². The first-order valence-electron chi connectivity index (χ1n) is 0.651. The van der Waals surface area contributed by atoms with Gasteiger partial charge in [-0.05, 0) is 0 Å². The van der Waals surface area contributed by atoms with Crippen LogP contribution in [0.1, 0.15) is 0 Å². The third kappa shape index (κ3) is 113. The Morgan fingerprint density at radius 3 is 1.33 bits per heavy atom. The molecule has 0 atom stereocenters. The van der Waals surface area contributed by atoms with Gasteiger partial charge in [0.15, 0.2) is 0 Å². The van der Waals surface area contributed by atoms with Crippen LogP contribution < -0.4 is 0 Å². The Morgan fingerprint density at radius 1 is 1.33 bits per heavy atom. The van der Waals surface area contributed by atoms with Gasteiger partial charge in [0.25, 0.3) is 0 Å². The van der Waals surface area contributed by atoms with Crippen molar-refractivity contribution in [3.8, 4) is 0 Å². The molecule has 0 bridgehead atoms. The number of hydrogen-bond acceptors (Lipinski definition) is 1. The number of carbonyl (C=O) groups is 1. The molecule has 1 radical (unpaired) electrons. The van der Waals surface area contributed by atoms with Crippen molar-refractivity contribution in [2.75, 3.05) is 0 Å². The molecule has 0 rings (SSSR count). The Hall–Kier alpha value is 0.776. The van der Waals surface area contributed by atoms with E-state index in [1.54, 1.807) is 0 Å². The summed E-state index contributed by atoms with van der Waals surface area (Å²) in [6.07, 6.45) is -1.83. The van der Waals surface area contributed by atoms with E-state index in [1.165, 1.54) is 0 Å². The fourth-order valence-electron chi connectivity index (χ4n) is 0. The van der Waals surface area contributed by atoms with E-state index in [4.69, 9.17) is 15.0 Å². The van der Waals surface area contributed by atoms with E-state index in [0.29, 0.717) is 0 Å². The third-order valence-electron chi connectivity index (χ3n) is 0. The Labute approximate surface area is 67.2 Å². The summed E-state index contributed by atoms with van der Waals surface area (Å²) in [4.78, 5) is 8.56. The number of carboxylic acid groups (broad SMARTS) is 2. The molecule has 0 fully saturated rings. The monoisotopic (exact) mass is 145 g/mol. The topological polar surface area (TPSA) is 57.5 Å². The van der Waals surface area contributed by atoms with E-state index in [9.17, 15) is 0 Å². The van der Waals surface area contributed by atoms with Crippen molar-refractivity contribution in [1.29, 1.82) is 0 Å². The van der Waals surface area contributed by atoms with Crippen molar-refractivity contribution in [2.24, 2.45) is 0 Å². The summed E-state index contributed by atoms with van der Waals surface area (Å²) in [5.74, 6) is 0. The normalized spacial score (nSPS) is 4.00. The van der Waals surface area contributed by atoms with E-state index in [0.717, 1.165) is 0 Å². The van der Waals surface area contributed by atoms with Gasteiger partial charge in [0, 0.05) is 16.8 Å². The second-order valence-corrected chi connectivity index (χ2v) is 0.283. The molecule has 0 aliphatic rings. The van der Waals surface area contributed by atoms with Crippen LogP contribution in [0.2, 0.25) is 0 Å². The maximum absolute atomic E-state index is 8.56. The van der Waals surface area contributed by atoms with Crippen LogP contribution in [0, 0.1) is 0 Å². The second-order valence-electron chi connectivity index (χ2n) is 0.283. The van der Waals surface area contributed by atoms with Crippen LogP contribution in [0.3, 0.4) is 0 Å². The minimum atomic E-state index is -1.83. The summed E-state index contributed by atoms with van der Waals surface area (Å²) in [5.41, 5.74) is 0. The van der Waals surface area contributed by atoms with Gasteiger partial charge in [0.2, 0.25) is 0 Å². The molecule has 0 saturated heterocycles. The molecule has 0 amide bonds. The van der Waals surface area contributed by atoms with Crippen LogP contribution >= 0.6 is 0 Å². The van der Waals surface area contributed by atoms with Gasteiger partial charge >= 0.3 is 35.7 Å². The molecule has 3 nitrogen and oxygen atoms in total.